The van der Waals surface area contributed by atoms with E-state index in [1.807, 2.05) is 0 Å². The lowest BCUT2D eigenvalue weighted by Crippen LogP contribution is -2.54. The molecule has 2 fully saturated rings. The van der Waals surface area contributed by atoms with E-state index in [0.717, 1.165) is 32.5 Å². The van der Waals surface area contributed by atoms with E-state index in [1.165, 1.54) is 16.7 Å². The molecule has 0 amide bonds. The van der Waals surface area contributed by atoms with Crippen LogP contribution in [-0.4, -0.2) is 39.8 Å². The van der Waals surface area contributed by atoms with Crippen molar-refractivity contribution < 1.29 is 15.0 Å². The number of rotatable bonds is 4. The summed E-state index contributed by atoms with van der Waals surface area (Å²) in [6.07, 6.45) is 2.80. The molecule has 2 N–H and O–H groups in total. The minimum atomic E-state index is -0.762. The fourth-order valence-corrected chi connectivity index (χ4v) is 4.09. The molecule has 4 nitrogen and oxygen atoms in total. The minimum absolute atomic E-state index is 0.258. The average Bonchev–Trinajstić information content (AvgIpc) is 2.48. The van der Waals surface area contributed by atoms with Crippen molar-refractivity contribution in [3.63, 3.8) is 0 Å². The number of likely N-dealkylation sites (tertiary alicyclic amines) is 1. The van der Waals surface area contributed by atoms with Gasteiger partial charge in [-0.05, 0) is 75.2 Å². The lowest BCUT2D eigenvalue weighted by molar-refractivity contribution is -0.170. The Morgan fingerprint density at radius 1 is 1.22 bits per heavy atom. The Hall–Kier alpha value is -1.39. The van der Waals surface area contributed by atoms with Gasteiger partial charge in [-0.25, -0.2) is 0 Å². The van der Waals surface area contributed by atoms with Gasteiger partial charge in [0, 0.05) is 6.54 Å². The van der Waals surface area contributed by atoms with E-state index in [0.29, 0.717) is 12.8 Å². The van der Waals surface area contributed by atoms with E-state index in [4.69, 9.17) is 5.11 Å². The van der Waals surface area contributed by atoms with Gasteiger partial charge in [0.1, 0.15) is 0 Å². The molecule has 2 aliphatic rings. The first-order chi connectivity index (χ1) is 10.9. The van der Waals surface area contributed by atoms with Gasteiger partial charge < -0.3 is 10.2 Å². The first-order valence-electron chi connectivity index (χ1n) is 8.61. The molecule has 0 atom stereocenters. The van der Waals surface area contributed by atoms with Gasteiger partial charge in [0.2, 0.25) is 0 Å². The zero-order valence-electron chi connectivity index (χ0n) is 14.1. The van der Waals surface area contributed by atoms with Crippen molar-refractivity contribution in [2.75, 3.05) is 13.1 Å². The van der Waals surface area contributed by atoms with E-state index >= 15 is 0 Å². The summed E-state index contributed by atoms with van der Waals surface area (Å²) in [5.74, 6) is -0.843. The molecule has 126 valence electrons. The summed E-state index contributed by atoms with van der Waals surface area (Å²) in [5, 5.41) is 19.6. The third kappa shape index (κ3) is 3.43. The average molecular weight is 317 g/mol. The second-order valence-electron chi connectivity index (χ2n) is 7.52. The molecule has 23 heavy (non-hydrogen) atoms. The van der Waals surface area contributed by atoms with Gasteiger partial charge in [0.25, 0.3) is 0 Å². The Morgan fingerprint density at radius 2 is 1.87 bits per heavy atom. The number of piperidine rings is 1. The van der Waals surface area contributed by atoms with E-state index in [-0.39, 0.29) is 11.8 Å². The molecule has 1 aromatic rings. The van der Waals surface area contributed by atoms with Crippen LogP contribution in [-0.2, 0) is 11.3 Å². The van der Waals surface area contributed by atoms with Crippen molar-refractivity contribution in [2.45, 2.75) is 51.7 Å². The van der Waals surface area contributed by atoms with E-state index in [1.54, 1.807) is 0 Å². The van der Waals surface area contributed by atoms with Gasteiger partial charge in [0.05, 0.1) is 11.5 Å². The second kappa shape index (κ2) is 6.25. The predicted octanol–water partition coefficient (Wildman–Crippen LogP) is 2.74. The summed E-state index contributed by atoms with van der Waals surface area (Å²) in [7, 11) is 0. The van der Waals surface area contributed by atoms with Crippen molar-refractivity contribution in [3.05, 3.63) is 34.9 Å². The van der Waals surface area contributed by atoms with Gasteiger partial charge in [-0.15, -0.1) is 0 Å². The number of carboxylic acid groups (broad SMARTS) is 1. The Morgan fingerprint density at radius 3 is 2.43 bits per heavy atom. The molecule has 0 bridgehead atoms. The zero-order chi connectivity index (χ0) is 16.6. The maximum absolute atomic E-state index is 10.9. The molecule has 4 heteroatoms. The van der Waals surface area contributed by atoms with Gasteiger partial charge in [-0.3, -0.25) is 9.69 Å². The summed E-state index contributed by atoms with van der Waals surface area (Å²) >= 11 is 0. The van der Waals surface area contributed by atoms with Crippen LogP contribution in [0.15, 0.2) is 18.2 Å². The fraction of sp³-hybridized carbons (Fsp3) is 0.632. The largest absolute Gasteiger partial charge is 0.481 e. The Labute approximate surface area is 138 Å². The predicted molar refractivity (Wildman–Crippen MR) is 89.2 cm³/mol. The van der Waals surface area contributed by atoms with Crippen LogP contribution in [0.5, 0.6) is 0 Å². The molecule has 1 aliphatic carbocycles. The number of benzene rings is 1. The van der Waals surface area contributed by atoms with Gasteiger partial charge in [-0.2, -0.15) is 0 Å². The maximum atomic E-state index is 10.9. The summed E-state index contributed by atoms with van der Waals surface area (Å²) in [5.41, 5.74) is 3.28. The molecular weight excluding hydrogens is 290 g/mol. The number of hydrogen-bond acceptors (Lipinski definition) is 3. The highest BCUT2D eigenvalue weighted by molar-refractivity contribution is 5.71. The zero-order valence-corrected chi connectivity index (χ0v) is 14.1. The number of aliphatic carboxylic acids is 1. The van der Waals surface area contributed by atoms with Crippen molar-refractivity contribution in [3.8, 4) is 0 Å². The van der Waals surface area contributed by atoms with Crippen LogP contribution in [0.2, 0.25) is 0 Å². The van der Waals surface area contributed by atoms with E-state index in [9.17, 15) is 9.90 Å². The van der Waals surface area contributed by atoms with Crippen LogP contribution >= 0.6 is 0 Å². The van der Waals surface area contributed by atoms with Gasteiger partial charge in [0.15, 0.2) is 0 Å². The third-order valence-electron chi connectivity index (χ3n) is 5.87. The molecule has 1 saturated heterocycles. The number of carboxylic acids is 1. The monoisotopic (exact) mass is 317 g/mol. The van der Waals surface area contributed by atoms with Crippen LogP contribution in [0.1, 0.15) is 42.4 Å². The van der Waals surface area contributed by atoms with Crippen molar-refractivity contribution in [1.29, 1.82) is 0 Å². The first-order valence-corrected chi connectivity index (χ1v) is 8.61. The minimum Gasteiger partial charge on any atom is -0.481 e. The third-order valence-corrected chi connectivity index (χ3v) is 5.87. The SMILES string of the molecule is Cc1ccc(CN2CCC(C3(O)CC(C(=O)O)C3)CC2)cc1C. The molecule has 1 aliphatic heterocycles. The molecule has 3 rings (SSSR count). The van der Waals surface area contributed by atoms with Crippen LogP contribution in [0, 0.1) is 25.7 Å². The molecule has 1 aromatic carbocycles. The summed E-state index contributed by atoms with van der Waals surface area (Å²) in [6, 6.07) is 6.64. The lowest BCUT2D eigenvalue weighted by atomic mass is 9.62. The maximum Gasteiger partial charge on any atom is 0.306 e. The number of hydrogen-bond donors (Lipinski definition) is 2. The molecule has 0 radical (unpaired) electrons. The van der Waals surface area contributed by atoms with Crippen LogP contribution in [0.25, 0.3) is 0 Å². The normalized spacial score (nSPS) is 29.3. The van der Waals surface area contributed by atoms with E-state index in [2.05, 4.69) is 36.9 Å². The number of aliphatic hydroxyl groups is 1. The highest BCUT2D eigenvalue weighted by Crippen LogP contribution is 2.46. The Balaban J connectivity index is 1.51. The van der Waals surface area contributed by atoms with Gasteiger partial charge >= 0.3 is 5.97 Å². The number of nitrogens with zero attached hydrogens (tertiary/aromatic N) is 1. The molecule has 0 aromatic heterocycles. The Bertz CT molecular complexity index is 584. The molecule has 0 unspecified atom stereocenters. The molecular formula is C19H27NO3. The van der Waals surface area contributed by atoms with Crippen LogP contribution in [0.4, 0.5) is 0 Å². The topological polar surface area (TPSA) is 60.8 Å². The number of aryl methyl sites for hydroxylation is 2. The summed E-state index contributed by atoms with van der Waals surface area (Å²) in [4.78, 5) is 13.4. The fourth-order valence-electron chi connectivity index (χ4n) is 4.09. The van der Waals surface area contributed by atoms with Crippen molar-refractivity contribution >= 4 is 5.97 Å². The molecule has 1 saturated carbocycles. The lowest BCUT2D eigenvalue weighted by Gasteiger charge is -2.49. The van der Waals surface area contributed by atoms with Gasteiger partial charge in [-0.1, -0.05) is 18.2 Å². The van der Waals surface area contributed by atoms with Crippen molar-refractivity contribution in [2.24, 2.45) is 11.8 Å². The molecule has 1 heterocycles. The highest BCUT2D eigenvalue weighted by Gasteiger charge is 2.51. The standard InChI is InChI=1S/C19H27NO3/c1-13-3-4-15(9-14(13)2)12-20-7-5-17(6-8-20)19(23)10-16(11-19)18(21)22/h3-4,9,16-17,23H,5-8,10-12H2,1-2H3,(H,21,22). The smallest absolute Gasteiger partial charge is 0.306 e. The van der Waals surface area contributed by atoms with E-state index < -0.39 is 11.6 Å². The summed E-state index contributed by atoms with van der Waals surface area (Å²) < 4.78 is 0. The highest BCUT2D eigenvalue weighted by atomic mass is 16.4. The number of carbonyl (C=O) groups is 1. The second-order valence-corrected chi connectivity index (χ2v) is 7.52. The van der Waals surface area contributed by atoms with Crippen LogP contribution < -0.4 is 0 Å². The van der Waals surface area contributed by atoms with Crippen LogP contribution in [0.3, 0.4) is 0 Å². The molecule has 0 spiro atoms. The quantitative estimate of drug-likeness (QED) is 0.896. The Kier molecular flexibility index (Phi) is 4.47. The summed E-state index contributed by atoms with van der Waals surface area (Å²) in [6.45, 7) is 7.21. The first kappa shape index (κ1) is 16.5. The van der Waals surface area contributed by atoms with Crippen molar-refractivity contribution in [1.82, 2.24) is 4.90 Å².